The Bertz CT molecular complexity index is 374. The minimum atomic E-state index is -3.63. The van der Waals surface area contributed by atoms with Crippen LogP contribution in [0.25, 0.3) is 0 Å². The summed E-state index contributed by atoms with van der Waals surface area (Å²) in [5.41, 5.74) is 0.643. The average molecular weight is 235 g/mol. The van der Waals surface area contributed by atoms with Crippen molar-refractivity contribution in [3.63, 3.8) is 0 Å². The van der Waals surface area contributed by atoms with Crippen LogP contribution in [0.2, 0.25) is 0 Å². The fourth-order valence-corrected chi connectivity index (χ4v) is 2.40. The van der Waals surface area contributed by atoms with E-state index in [0.717, 1.165) is 0 Å². The summed E-state index contributed by atoms with van der Waals surface area (Å²) >= 11 is 0. The molecule has 0 aliphatic rings. The van der Waals surface area contributed by atoms with Crippen molar-refractivity contribution in [2.24, 2.45) is 0 Å². The largest absolute Gasteiger partial charge is 0.383 e. The molecule has 0 N–H and O–H groups in total. The zero-order valence-corrected chi connectivity index (χ0v) is 9.25. The second kappa shape index (κ2) is 4.77. The summed E-state index contributed by atoms with van der Waals surface area (Å²) in [7, 11) is 3.11. The maximum absolute atomic E-state index is 11.2. The SMILES string of the molecule is COCC(c1ccccc1)S(=O)(=O)Cl. The first-order valence-corrected chi connectivity index (χ1v) is 6.40. The van der Waals surface area contributed by atoms with Crippen molar-refractivity contribution in [1.82, 2.24) is 0 Å². The predicted molar refractivity (Wildman–Crippen MR) is 55.8 cm³/mol. The van der Waals surface area contributed by atoms with Gasteiger partial charge in [-0.15, -0.1) is 0 Å². The van der Waals surface area contributed by atoms with Crippen molar-refractivity contribution in [2.75, 3.05) is 13.7 Å². The van der Waals surface area contributed by atoms with E-state index < -0.39 is 14.3 Å². The monoisotopic (exact) mass is 234 g/mol. The van der Waals surface area contributed by atoms with Gasteiger partial charge in [0.25, 0.3) is 0 Å². The Hall–Kier alpha value is -0.580. The van der Waals surface area contributed by atoms with E-state index in [-0.39, 0.29) is 6.61 Å². The molecular formula is C9H11ClO3S. The smallest absolute Gasteiger partial charge is 0.241 e. The van der Waals surface area contributed by atoms with E-state index in [0.29, 0.717) is 5.56 Å². The van der Waals surface area contributed by atoms with Gasteiger partial charge in [0.05, 0.1) is 6.61 Å². The fraction of sp³-hybridized carbons (Fsp3) is 0.333. The van der Waals surface area contributed by atoms with Crippen molar-refractivity contribution in [1.29, 1.82) is 0 Å². The highest BCUT2D eigenvalue weighted by molar-refractivity contribution is 8.13. The predicted octanol–water partition coefficient (Wildman–Crippen LogP) is 1.94. The van der Waals surface area contributed by atoms with Gasteiger partial charge in [-0.3, -0.25) is 0 Å². The summed E-state index contributed by atoms with van der Waals surface area (Å²) in [5.74, 6) is 0. The zero-order valence-electron chi connectivity index (χ0n) is 7.68. The molecule has 5 heteroatoms. The number of methoxy groups -OCH3 is 1. The molecule has 0 fully saturated rings. The first-order chi connectivity index (χ1) is 6.55. The third kappa shape index (κ3) is 2.97. The Balaban J connectivity index is 3.02. The van der Waals surface area contributed by atoms with Crippen LogP contribution in [0.3, 0.4) is 0 Å². The van der Waals surface area contributed by atoms with Gasteiger partial charge in [0, 0.05) is 17.8 Å². The van der Waals surface area contributed by atoms with E-state index in [4.69, 9.17) is 15.4 Å². The molecule has 1 rings (SSSR count). The van der Waals surface area contributed by atoms with Crippen LogP contribution in [0.15, 0.2) is 30.3 Å². The molecule has 3 nitrogen and oxygen atoms in total. The number of ether oxygens (including phenoxy) is 1. The van der Waals surface area contributed by atoms with Gasteiger partial charge in [-0.05, 0) is 5.56 Å². The van der Waals surface area contributed by atoms with E-state index in [1.54, 1.807) is 24.3 Å². The van der Waals surface area contributed by atoms with Gasteiger partial charge in [0.15, 0.2) is 0 Å². The molecule has 0 radical (unpaired) electrons. The van der Waals surface area contributed by atoms with Crippen molar-refractivity contribution < 1.29 is 13.2 Å². The lowest BCUT2D eigenvalue weighted by Crippen LogP contribution is -2.13. The van der Waals surface area contributed by atoms with Crippen LogP contribution in [-0.2, 0) is 13.8 Å². The molecule has 1 aromatic carbocycles. The maximum Gasteiger partial charge on any atom is 0.241 e. The van der Waals surface area contributed by atoms with E-state index in [2.05, 4.69) is 0 Å². The van der Waals surface area contributed by atoms with Crippen LogP contribution >= 0.6 is 10.7 Å². The van der Waals surface area contributed by atoms with E-state index >= 15 is 0 Å². The van der Waals surface area contributed by atoms with Crippen LogP contribution in [0, 0.1) is 0 Å². The molecular weight excluding hydrogens is 224 g/mol. The fourth-order valence-electron chi connectivity index (χ4n) is 1.16. The Kier molecular flexibility index (Phi) is 3.92. The Morgan fingerprint density at radius 2 is 1.93 bits per heavy atom. The standard InChI is InChI=1S/C9H11ClO3S/c1-13-7-9(14(10,11)12)8-5-3-2-4-6-8/h2-6,9H,7H2,1H3. The molecule has 1 atom stereocenters. The molecule has 1 aromatic rings. The molecule has 0 aliphatic heterocycles. The van der Waals surface area contributed by atoms with Gasteiger partial charge in [-0.25, -0.2) is 8.42 Å². The van der Waals surface area contributed by atoms with Gasteiger partial charge in [-0.1, -0.05) is 30.3 Å². The third-order valence-corrected chi connectivity index (χ3v) is 3.56. The Morgan fingerprint density at radius 1 is 1.36 bits per heavy atom. The summed E-state index contributed by atoms with van der Waals surface area (Å²) in [6, 6.07) is 8.77. The Morgan fingerprint density at radius 3 is 2.36 bits per heavy atom. The molecule has 0 bridgehead atoms. The summed E-state index contributed by atoms with van der Waals surface area (Å²) in [5, 5.41) is -0.796. The molecule has 0 amide bonds. The van der Waals surface area contributed by atoms with Crippen molar-refractivity contribution in [3.05, 3.63) is 35.9 Å². The first kappa shape index (κ1) is 11.5. The van der Waals surface area contributed by atoms with Gasteiger partial charge in [-0.2, -0.15) is 0 Å². The van der Waals surface area contributed by atoms with Crippen LogP contribution in [-0.4, -0.2) is 22.1 Å². The third-order valence-electron chi connectivity index (χ3n) is 1.83. The highest BCUT2D eigenvalue weighted by atomic mass is 35.7. The Labute approximate surface area is 88.1 Å². The van der Waals surface area contributed by atoms with E-state index in [1.807, 2.05) is 6.07 Å². The van der Waals surface area contributed by atoms with Crippen LogP contribution in [0.1, 0.15) is 10.8 Å². The lowest BCUT2D eigenvalue weighted by atomic mass is 10.2. The van der Waals surface area contributed by atoms with Crippen LogP contribution < -0.4 is 0 Å². The number of hydrogen-bond acceptors (Lipinski definition) is 3. The van der Waals surface area contributed by atoms with Gasteiger partial charge < -0.3 is 4.74 Å². The first-order valence-electron chi connectivity index (χ1n) is 4.03. The second-order valence-corrected chi connectivity index (χ2v) is 5.64. The normalized spacial score (nSPS) is 13.9. The molecule has 78 valence electrons. The quantitative estimate of drug-likeness (QED) is 0.748. The summed E-state index contributed by atoms with van der Waals surface area (Å²) in [4.78, 5) is 0. The highest BCUT2D eigenvalue weighted by Crippen LogP contribution is 2.25. The maximum atomic E-state index is 11.2. The molecule has 1 unspecified atom stereocenters. The molecule has 0 saturated carbocycles. The number of halogens is 1. The van der Waals surface area contributed by atoms with E-state index in [1.165, 1.54) is 7.11 Å². The van der Waals surface area contributed by atoms with Crippen LogP contribution in [0.5, 0.6) is 0 Å². The highest BCUT2D eigenvalue weighted by Gasteiger charge is 2.24. The lowest BCUT2D eigenvalue weighted by molar-refractivity contribution is 0.198. The van der Waals surface area contributed by atoms with E-state index in [9.17, 15) is 8.42 Å². The number of hydrogen-bond donors (Lipinski definition) is 0. The molecule has 0 aliphatic carbocycles. The van der Waals surface area contributed by atoms with Crippen molar-refractivity contribution in [2.45, 2.75) is 5.25 Å². The van der Waals surface area contributed by atoms with Gasteiger partial charge >= 0.3 is 0 Å². The average Bonchev–Trinajstić information content (AvgIpc) is 2.14. The second-order valence-electron chi connectivity index (χ2n) is 2.83. The molecule has 0 heterocycles. The van der Waals surface area contributed by atoms with Crippen molar-refractivity contribution >= 4 is 19.7 Å². The summed E-state index contributed by atoms with van der Waals surface area (Å²) in [6.07, 6.45) is 0. The van der Waals surface area contributed by atoms with Crippen LogP contribution in [0.4, 0.5) is 0 Å². The minimum Gasteiger partial charge on any atom is -0.383 e. The minimum absolute atomic E-state index is 0.0653. The number of rotatable bonds is 4. The zero-order chi connectivity index (χ0) is 10.6. The number of benzene rings is 1. The molecule has 14 heavy (non-hydrogen) atoms. The van der Waals surface area contributed by atoms with Crippen molar-refractivity contribution in [3.8, 4) is 0 Å². The summed E-state index contributed by atoms with van der Waals surface area (Å²) in [6.45, 7) is 0.0653. The topological polar surface area (TPSA) is 43.4 Å². The molecule has 0 saturated heterocycles. The summed E-state index contributed by atoms with van der Waals surface area (Å²) < 4.78 is 27.2. The van der Waals surface area contributed by atoms with Gasteiger partial charge in [0.1, 0.15) is 5.25 Å². The molecule has 0 spiro atoms. The molecule has 0 aromatic heterocycles. The lowest BCUT2D eigenvalue weighted by Gasteiger charge is -2.12. The van der Waals surface area contributed by atoms with Gasteiger partial charge in [0.2, 0.25) is 9.05 Å².